The van der Waals surface area contributed by atoms with E-state index in [4.69, 9.17) is 11.1 Å². The van der Waals surface area contributed by atoms with Gasteiger partial charge in [-0.1, -0.05) is 60.7 Å². The van der Waals surface area contributed by atoms with Crippen LogP contribution in [0.2, 0.25) is 0 Å². The molecule has 0 unspecified atom stereocenters. The molecule has 0 atom stereocenters. The van der Waals surface area contributed by atoms with Crippen molar-refractivity contribution in [1.82, 2.24) is 15.0 Å². The number of nitrogens with zero attached hydrogens (tertiary/aromatic N) is 2. The first kappa shape index (κ1) is 36.4. The molecule has 5 aromatic rings. The summed E-state index contributed by atoms with van der Waals surface area (Å²) in [7, 11) is -8.43. The van der Waals surface area contributed by atoms with Crippen LogP contribution < -0.4 is 20.1 Å². The van der Waals surface area contributed by atoms with E-state index in [-0.39, 0.29) is 52.3 Å². The highest BCUT2D eigenvalue weighted by Crippen LogP contribution is 2.31. The molecule has 13 nitrogen and oxygen atoms in total. The Bertz CT molecular complexity index is 2190. The standard InChI is InChI=1S/C31H28N6O6S2.ClH.H2O/c1-44(40,41)36-28(38)19-37(45(42,43)27-9-3-5-21-7-4-16-34-29(21)27)24-14-15-25-23(17-24)6-2-8-26(25)31(39)35-18-20-10-12-22(13-11-20)30(32)33;;/h2-17H,18-19H2,1H3,(H3,32,33)(H,35,39)(H,36,38);1H;1H2. The van der Waals surface area contributed by atoms with E-state index in [1.807, 2.05) is 4.72 Å². The first-order valence-electron chi connectivity index (χ1n) is 13.4. The van der Waals surface area contributed by atoms with Crippen LogP contribution >= 0.6 is 12.4 Å². The Morgan fingerprint density at radius 1 is 0.894 bits per heavy atom. The van der Waals surface area contributed by atoms with Crippen LogP contribution in [0.1, 0.15) is 21.5 Å². The number of nitrogen functional groups attached to an aromatic ring is 1. The van der Waals surface area contributed by atoms with Crippen LogP contribution in [0.25, 0.3) is 21.7 Å². The molecule has 0 aliphatic heterocycles. The first-order valence-corrected chi connectivity index (χ1v) is 16.8. The average molecular weight is 699 g/mol. The van der Waals surface area contributed by atoms with Crippen molar-refractivity contribution in [2.45, 2.75) is 11.4 Å². The van der Waals surface area contributed by atoms with Crippen LogP contribution in [0.5, 0.6) is 0 Å². The number of nitrogens with two attached hydrogens (primary N) is 1. The molecule has 0 saturated heterocycles. The number of fused-ring (bicyclic) bond motifs is 2. The Labute approximate surface area is 277 Å². The smallest absolute Gasteiger partial charge is 0.266 e. The predicted molar refractivity (Wildman–Crippen MR) is 183 cm³/mol. The van der Waals surface area contributed by atoms with Crippen molar-refractivity contribution >= 4 is 77.5 Å². The summed E-state index contributed by atoms with van der Waals surface area (Å²) in [4.78, 5) is 30.0. The van der Waals surface area contributed by atoms with Crippen molar-refractivity contribution in [2.24, 2.45) is 5.73 Å². The Hall–Kier alpha value is -5.09. The van der Waals surface area contributed by atoms with Crippen LogP contribution in [0.3, 0.4) is 0 Å². The van der Waals surface area contributed by atoms with Gasteiger partial charge in [-0.25, -0.2) is 16.8 Å². The third kappa shape index (κ3) is 8.20. The molecule has 4 aromatic carbocycles. The highest BCUT2D eigenvalue weighted by atomic mass is 35.5. The summed E-state index contributed by atoms with van der Waals surface area (Å²) in [5.74, 6) is -1.49. The van der Waals surface area contributed by atoms with Gasteiger partial charge in [-0.15, -0.1) is 12.4 Å². The number of hydrogen-bond donors (Lipinski definition) is 4. The Balaban J connectivity index is 0.00000300. The number of para-hydroxylation sites is 1. The third-order valence-electron chi connectivity index (χ3n) is 6.86. The fourth-order valence-corrected chi connectivity index (χ4v) is 6.85. The van der Waals surface area contributed by atoms with E-state index < -0.39 is 32.5 Å². The number of carbonyl (C=O) groups is 2. The number of amides is 2. The summed E-state index contributed by atoms with van der Waals surface area (Å²) < 4.78 is 54.4. The maximum atomic E-state index is 14.1. The molecule has 1 aromatic heterocycles. The lowest BCUT2D eigenvalue weighted by molar-refractivity contribution is -0.117. The zero-order valence-corrected chi connectivity index (χ0v) is 27.2. The summed E-state index contributed by atoms with van der Waals surface area (Å²) in [5.41, 5.74) is 7.45. The lowest BCUT2D eigenvalue weighted by Crippen LogP contribution is -2.42. The van der Waals surface area contributed by atoms with Gasteiger partial charge in [-0.2, -0.15) is 0 Å². The molecule has 0 aliphatic rings. The molecule has 1 heterocycles. The monoisotopic (exact) mass is 698 g/mol. The molecular formula is C31H31ClN6O7S2. The molecule has 47 heavy (non-hydrogen) atoms. The summed E-state index contributed by atoms with van der Waals surface area (Å²) in [6.45, 7) is -0.626. The summed E-state index contributed by atoms with van der Waals surface area (Å²) >= 11 is 0. The quantitative estimate of drug-likeness (QED) is 0.125. The van der Waals surface area contributed by atoms with Crippen molar-refractivity contribution in [3.8, 4) is 0 Å². The van der Waals surface area contributed by atoms with Gasteiger partial charge in [-0.3, -0.25) is 29.0 Å². The number of amidine groups is 1. The second-order valence-electron chi connectivity index (χ2n) is 10.1. The highest BCUT2D eigenvalue weighted by molar-refractivity contribution is 7.93. The van der Waals surface area contributed by atoms with Crippen LogP contribution in [-0.2, 0) is 31.4 Å². The number of sulfonamides is 2. The van der Waals surface area contributed by atoms with E-state index in [0.717, 1.165) is 16.1 Å². The Kier molecular flexibility index (Phi) is 11.3. The van der Waals surface area contributed by atoms with Crippen molar-refractivity contribution in [2.75, 3.05) is 17.1 Å². The minimum Gasteiger partial charge on any atom is -0.412 e. The number of halogens is 1. The van der Waals surface area contributed by atoms with Gasteiger partial charge in [-0.05, 0) is 46.7 Å². The minimum absolute atomic E-state index is 0. The Morgan fingerprint density at radius 2 is 1.55 bits per heavy atom. The van der Waals surface area contributed by atoms with Crippen LogP contribution in [0.4, 0.5) is 5.69 Å². The Morgan fingerprint density at radius 3 is 2.23 bits per heavy atom. The van der Waals surface area contributed by atoms with E-state index >= 15 is 0 Å². The molecule has 0 fully saturated rings. The third-order valence-corrected chi connectivity index (χ3v) is 9.27. The van der Waals surface area contributed by atoms with Gasteiger partial charge in [0.15, 0.2) is 0 Å². The van der Waals surface area contributed by atoms with E-state index in [1.54, 1.807) is 72.8 Å². The lowest BCUT2D eigenvalue weighted by atomic mass is 10.0. The molecule has 5 rings (SSSR count). The first-order chi connectivity index (χ1) is 21.3. The number of benzene rings is 4. The zero-order valence-electron chi connectivity index (χ0n) is 24.8. The number of pyridine rings is 1. The van der Waals surface area contributed by atoms with Gasteiger partial charge in [0.1, 0.15) is 17.3 Å². The molecule has 246 valence electrons. The molecule has 0 spiro atoms. The van der Waals surface area contributed by atoms with Crippen LogP contribution in [0.15, 0.2) is 102 Å². The topological polar surface area (TPSA) is 224 Å². The second kappa shape index (κ2) is 14.6. The molecule has 0 saturated carbocycles. The van der Waals surface area contributed by atoms with Crippen molar-refractivity contribution < 1.29 is 31.9 Å². The molecule has 2 amide bonds. The summed E-state index contributed by atoms with van der Waals surface area (Å²) in [5, 5.41) is 12.0. The van der Waals surface area contributed by atoms with Crippen LogP contribution in [-0.4, -0.2) is 57.7 Å². The largest absolute Gasteiger partial charge is 0.412 e. The summed E-state index contributed by atoms with van der Waals surface area (Å²) in [6, 6.07) is 24.4. The number of hydrogen-bond acceptors (Lipinski definition) is 8. The zero-order chi connectivity index (χ0) is 32.4. The van der Waals surface area contributed by atoms with Crippen molar-refractivity contribution in [3.05, 3.63) is 114 Å². The molecule has 0 aliphatic carbocycles. The van der Waals surface area contributed by atoms with Crippen molar-refractivity contribution in [3.63, 3.8) is 0 Å². The van der Waals surface area contributed by atoms with E-state index in [2.05, 4.69) is 10.3 Å². The number of carbonyl (C=O) groups excluding carboxylic acids is 2. The molecule has 0 bridgehead atoms. The van der Waals surface area contributed by atoms with E-state index in [0.29, 0.717) is 27.3 Å². The molecule has 0 radical (unpaired) electrons. The van der Waals surface area contributed by atoms with Gasteiger partial charge in [0.05, 0.1) is 17.5 Å². The van der Waals surface area contributed by atoms with Gasteiger partial charge in [0, 0.05) is 29.3 Å². The van der Waals surface area contributed by atoms with Crippen LogP contribution in [0, 0.1) is 5.41 Å². The minimum atomic E-state index is -4.46. The maximum absolute atomic E-state index is 14.1. The number of nitrogens with one attached hydrogen (secondary N) is 3. The molecule has 7 N–H and O–H groups in total. The summed E-state index contributed by atoms with van der Waals surface area (Å²) in [6.07, 6.45) is 2.24. The fraction of sp³-hybridized carbons (Fsp3) is 0.0968. The number of anilines is 1. The molecular weight excluding hydrogens is 668 g/mol. The van der Waals surface area contributed by atoms with Crippen molar-refractivity contribution in [1.29, 1.82) is 5.41 Å². The normalized spacial score (nSPS) is 11.2. The van der Waals surface area contributed by atoms with Gasteiger partial charge in [0.25, 0.3) is 21.8 Å². The van der Waals surface area contributed by atoms with Gasteiger partial charge >= 0.3 is 0 Å². The van der Waals surface area contributed by atoms with Gasteiger partial charge in [0.2, 0.25) is 10.0 Å². The van der Waals surface area contributed by atoms with E-state index in [1.165, 1.54) is 24.4 Å². The molecule has 16 heteroatoms. The maximum Gasteiger partial charge on any atom is 0.266 e. The SMILES string of the molecule is CS(=O)(=O)NC(=O)CN(c1ccc2c(C(=O)NCc3ccc(C(=N)N)cc3)cccc2c1)S(=O)(=O)c1cccc2cccnc12.Cl.O. The lowest BCUT2D eigenvalue weighted by Gasteiger charge is -2.25. The van der Waals surface area contributed by atoms with E-state index in [9.17, 15) is 26.4 Å². The fourth-order valence-electron chi connectivity index (χ4n) is 4.79. The van der Waals surface area contributed by atoms with Gasteiger partial charge < -0.3 is 16.5 Å². The number of rotatable bonds is 10. The second-order valence-corrected chi connectivity index (χ2v) is 13.7. The number of aromatic nitrogens is 1. The predicted octanol–water partition coefficient (Wildman–Crippen LogP) is 2.47. The average Bonchev–Trinajstić information content (AvgIpc) is 3.01. The highest BCUT2D eigenvalue weighted by Gasteiger charge is 2.30.